The highest BCUT2D eigenvalue weighted by Gasteiger charge is 2.32. The van der Waals surface area contributed by atoms with Crippen LogP contribution in [0.15, 0.2) is 24.3 Å². The maximum atomic E-state index is 11.4. The molecule has 0 saturated carbocycles. The third kappa shape index (κ3) is 2.34. The Morgan fingerprint density at radius 1 is 1.28 bits per heavy atom. The van der Waals surface area contributed by atoms with Gasteiger partial charge in [0.2, 0.25) is 0 Å². The molecule has 98 valence electrons. The summed E-state index contributed by atoms with van der Waals surface area (Å²) in [5.74, 6) is -0.787. The molecule has 1 aliphatic rings. The average molecular weight is 248 g/mol. The second kappa shape index (κ2) is 4.98. The molecule has 0 atom stereocenters. The molecule has 0 amide bonds. The molecular formula is C14H20N2O2. The normalized spacial score (nSPS) is 16.7. The van der Waals surface area contributed by atoms with Crippen molar-refractivity contribution in [1.82, 2.24) is 5.32 Å². The van der Waals surface area contributed by atoms with Crippen molar-refractivity contribution >= 4 is 11.7 Å². The molecule has 0 aliphatic carbocycles. The van der Waals surface area contributed by atoms with E-state index >= 15 is 0 Å². The van der Waals surface area contributed by atoms with E-state index in [1.54, 1.807) is 13.8 Å². The average Bonchev–Trinajstić information content (AvgIpc) is 2.39. The summed E-state index contributed by atoms with van der Waals surface area (Å²) in [6.07, 6.45) is 0. The summed E-state index contributed by atoms with van der Waals surface area (Å²) in [6.45, 7) is 7.26. The molecule has 0 spiro atoms. The summed E-state index contributed by atoms with van der Waals surface area (Å²) < 4.78 is 0. The monoisotopic (exact) mass is 248 g/mol. The lowest BCUT2D eigenvalue weighted by atomic mass is 9.83. The smallest absolute Gasteiger partial charge is 0.313 e. The molecule has 2 N–H and O–H groups in total. The Morgan fingerprint density at radius 2 is 1.89 bits per heavy atom. The summed E-state index contributed by atoms with van der Waals surface area (Å²) >= 11 is 0. The summed E-state index contributed by atoms with van der Waals surface area (Å²) in [4.78, 5) is 13.7. The van der Waals surface area contributed by atoms with Crippen LogP contribution >= 0.6 is 0 Å². The lowest BCUT2D eigenvalue weighted by molar-refractivity contribution is -0.142. The second-order valence-electron chi connectivity index (χ2n) is 5.18. The van der Waals surface area contributed by atoms with Crippen molar-refractivity contribution in [2.75, 3.05) is 31.1 Å². The van der Waals surface area contributed by atoms with Crippen molar-refractivity contribution < 1.29 is 9.90 Å². The number of hydrogen-bond acceptors (Lipinski definition) is 3. The third-order valence-electron chi connectivity index (χ3n) is 3.57. The van der Waals surface area contributed by atoms with Gasteiger partial charge in [-0.2, -0.15) is 0 Å². The molecule has 0 unspecified atom stereocenters. The van der Waals surface area contributed by atoms with Crippen molar-refractivity contribution in [3.63, 3.8) is 0 Å². The molecule has 1 aromatic rings. The highest BCUT2D eigenvalue weighted by atomic mass is 16.4. The number of carbonyl (C=O) groups is 1. The molecular weight excluding hydrogens is 228 g/mol. The summed E-state index contributed by atoms with van der Waals surface area (Å²) in [5, 5.41) is 12.7. The van der Waals surface area contributed by atoms with Gasteiger partial charge < -0.3 is 15.3 Å². The van der Waals surface area contributed by atoms with E-state index in [1.165, 1.54) is 0 Å². The molecule has 1 saturated heterocycles. The van der Waals surface area contributed by atoms with E-state index in [-0.39, 0.29) is 0 Å². The first-order chi connectivity index (χ1) is 8.53. The zero-order chi connectivity index (χ0) is 13.2. The van der Waals surface area contributed by atoms with Crippen LogP contribution in [0.3, 0.4) is 0 Å². The van der Waals surface area contributed by atoms with Gasteiger partial charge in [-0.1, -0.05) is 18.2 Å². The summed E-state index contributed by atoms with van der Waals surface area (Å²) in [7, 11) is 0. The van der Waals surface area contributed by atoms with Gasteiger partial charge in [0.1, 0.15) is 0 Å². The predicted octanol–water partition coefficient (Wildman–Crippen LogP) is 1.46. The van der Waals surface area contributed by atoms with E-state index in [4.69, 9.17) is 0 Å². The number of benzene rings is 1. The fourth-order valence-corrected chi connectivity index (χ4v) is 2.30. The van der Waals surface area contributed by atoms with Crippen LogP contribution in [0.2, 0.25) is 0 Å². The number of nitrogens with zero attached hydrogens (tertiary/aromatic N) is 1. The van der Waals surface area contributed by atoms with Gasteiger partial charge in [0.25, 0.3) is 0 Å². The van der Waals surface area contributed by atoms with Crippen molar-refractivity contribution in [2.24, 2.45) is 0 Å². The van der Waals surface area contributed by atoms with Gasteiger partial charge in [-0.3, -0.25) is 4.79 Å². The highest BCUT2D eigenvalue weighted by Crippen LogP contribution is 2.32. The molecule has 0 aromatic heterocycles. The minimum Gasteiger partial charge on any atom is -0.481 e. The van der Waals surface area contributed by atoms with Gasteiger partial charge >= 0.3 is 5.97 Å². The number of nitrogens with one attached hydrogen (secondary N) is 1. The van der Waals surface area contributed by atoms with Crippen LogP contribution in [0.25, 0.3) is 0 Å². The zero-order valence-corrected chi connectivity index (χ0v) is 10.9. The Kier molecular flexibility index (Phi) is 3.57. The van der Waals surface area contributed by atoms with Crippen LogP contribution in [0.5, 0.6) is 0 Å². The quantitative estimate of drug-likeness (QED) is 0.850. The zero-order valence-electron chi connectivity index (χ0n) is 10.9. The van der Waals surface area contributed by atoms with Gasteiger partial charge in [0, 0.05) is 31.9 Å². The van der Waals surface area contributed by atoms with Crippen LogP contribution in [0.4, 0.5) is 5.69 Å². The first kappa shape index (κ1) is 12.9. The number of carboxylic acid groups (broad SMARTS) is 1. The topological polar surface area (TPSA) is 52.6 Å². The number of aliphatic carboxylic acids is 1. The van der Waals surface area contributed by atoms with E-state index in [9.17, 15) is 9.90 Å². The standard InChI is InChI=1S/C14H20N2O2/c1-14(2,13(17)18)11-5-3-4-6-12(11)16-9-7-15-8-10-16/h3-6,15H,7-10H2,1-2H3,(H,17,18). The number of para-hydroxylation sites is 1. The maximum Gasteiger partial charge on any atom is 0.313 e. The molecule has 2 rings (SSSR count). The SMILES string of the molecule is CC(C)(C(=O)O)c1ccccc1N1CCNCC1. The number of hydrogen-bond donors (Lipinski definition) is 2. The Morgan fingerprint density at radius 3 is 2.50 bits per heavy atom. The summed E-state index contributed by atoms with van der Waals surface area (Å²) in [6, 6.07) is 7.82. The van der Waals surface area contributed by atoms with Gasteiger partial charge in [0.05, 0.1) is 5.41 Å². The van der Waals surface area contributed by atoms with Crippen LogP contribution in [-0.2, 0) is 10.2 Å². The molecule has 0 bridgehead atoms. The first-order valence-corrected chi connectivity index (χ1v) is 6.32. The van der Waals surface area contributed by atoms with Crippen LogP contribution in [-0.4, -0.2) is 37.3 Å². The second-order valence-corrected chi connectivity index (χ2v) is 5.18. The maximum absolute atomic E-state index is 11.4. The number of anilines is 1. The Labute approximate surface area is 108 Å². The van der Waals surface area contributed by atoms with Gasteiger partial charge in [-0.25, -0.2) is 0 Å². The molecule has 1 heterocycles. The minimum atomic E-state index is -0.860. The Balaban J connectivity index is 2.39. The van der Waals surface area contributed by atoms with Gasteiger partial charge in [-0.15, -0.1) is 0 Å². The van der Waals surface area contributed by atoms with Crippen LogP contribution in [0, 0.1) is 0 Å². The molecule has 0 radical (unpaired) electrons. The predicted molar refractivity (Wildman–Crippen MR) is 72.2 cm³/mol. The fourth-order valence-electron chi connectivity index (χ4n) is 2.30. The molecule has 1 aromatic carbocycles. The largest absolute Gasteiger partial charge is 0.481 e. The highest BCUT2D eigenvalue weighted by molar-refractivity contribution is 5.83. The van der Waals surface area contributed by atoms with E-state index in [2.05, 4.69) is 10.2 Å². The van der Waals surface area contributed by atoms with Crippen molar-refractivity contribution in [3.05, 3.63) is 29.8 Å². The van der Waals surface area contributed by atoms with Crippen LogP contribution in [0.1, 0.15) is 19.4 Å². The first-order valence-electron chi connectivity index (χ1n) is 6.32. The van der Waals surface area contributed by atoms with E-state index in [0.29, 0.717) is 0 Å². The Hall–Kier alpha value is -1.55. The molecule has 4 heteroatoms. The van der Waals surface area contributed by atoms with Crippen molar-refractivity contribution in [3.8, 4) is 0 Å². The van der Waals surface area contributed by atoms with E-state index in [0.717, 1.165) is 37.4 Å². The fraction of sp³-hybridized carbons (Fsp3) is 0.500. The number of carboxylic acids is 1. The molecule has 1 aliphatic heterocycles. The van der Waals surface area contributed by atoms with Gasteiger partial charge in [0.15, 0.2) is 0 Å². The van der Waals surface area contributed by atoms with Crippen molar-refractivity contribution in [2.45, 2.75) is 19.3 Å². The summed E-state index contributed by atoms with van der Waals surface area (Å²) in [5.41, 5.74) is 1.08. The third-order valence-corrected chi connectivity index (χ3v) is 3.57. The Bertz CT molecular complexity index is 437. The van der Waals surface area contributed by atoms with E-state index < -0.39 is 11.4 Å². The van der Waals surface area contributed by atoms with E-state index in [1.807, 2.05) is 24.3 Å². The number of rotatable bonds is 3. The van der Waals surface area contributed by atoms with Crippen LogP contribution < -0.4 is 10.2 Å². The minimum absolute atomic E-state index is 0.787. The number of piperazine rings is 1. The van der Waals surface area contributed by atoms with Crippen molar-refractivity contribution in [1.29, 1.82) is 0 Å². The molecule has 4 nitrogen and oxygen atoms in total. The lowest BCUT2D eigenvalue weighted by Crippen LogP contribution is -2.44. The molecule has 1 fully saturated rings. The molecule has 18 heavy (non-hydrogen) atoms. The van der Waals surface area contributed by atoms with Gasteiger partial charge in [-0.05, 0) is 25.5 Å². The lowest BCUT2D eigenvalue weighted by Gasteiger charge is -2.34.